The molecule has 0 fully saturated rings. The van der Waals surface area contributed by atoms with Gasteiger partial charge in [-0.2, -0.15) is 17.6 Å². The molecule has 0 radical (unpaired) electrons. The molecule has 0 heterocycles. The first-order valence-electron chi connectivity index (χ1n) is 15.2. The summed E-state index contributed by atoms with van der Waals surface area (Å²) in [6.45, 7) is 0. The monoisotopic (exact) mass is 756 g/mol. The number of hydrogen-bond acceptors (Lipinski definition) is 4. The highest BCUT2D eigenvalue weighted by Crippen LogP contribution is 2.43. The fourth-order valence-corrected chi connectivity index (χ4v) is 5.02. The molecule has 54 heavy (non-hydrogen) atoms. The minimum atomic E-state index is -2.51. The molecule has 274 valence electrons. The van der Waals surface area contributed by atoms with Crippen LogP contribution in [0.2, 0.25) is 0 Å². The maximum atomic E-state index is 15.3. The lowest BCUT2D eigenvalue weighted by molar-refractivity contribution is 0.101. The normalized spacial score (nSPS) is 10.9. The minimum Gasteiger partial charge on any atom is -0.451 e. The molecule has 6 aromatic rings. The number of halogens is 10. The molecule has 0 aromatic heterocycles. The average molecular weight is 757 g/mol. The third-order valence-corrected chi connectivity index (χ3v) is 7.49. The number of carbonyl (C=O) groups is 2. The highest BCUT2D eigenvalue weighted by Gasteiger charge is 2.35. The first-order chi connectivity index (χ1) is 25.7. The maximum Gasteiger partial charge on any atom is 0.255 e. The SMILES string of the molecule is O=C(Nc1cccc(Oc2c(F)c(F)c(-c3c(F)c(F)c(Oc4cccc(NC(=O)c5cccc(F)c5)c4)c(F)c3F)c(F)c2F)c1)c1cccc(F)c1. The van der Waals surface area contributed by atoms with Crippen LogP contribution in [0.3, 0.4) is 0 Å². The molecule has 0 saturated heterocycles. The topological polar surface area (TPSA) is 76.7 Å². The van der Waals surface area contributed by atoms with Gasteiger partial charge in [0.2, 0.25) is 34.8 Å². The van der Waals surface area contributed by atoms with Crippen molar-refractivity contribution in [3.63, 3.8) is 0 Å². The van der Waals surface area contributed by atoms with Gasteiger partial charge in [0, 0.05) is 34.6 Å². The maximum absolute atomic E-state index is 15.3. The zero-order chi connectivity index (χ0) is 38.8. The highest BCUT2D eigenvalue weighted by atomic mass is 19.2. The van der Waals surface area contributed by atoms with Gasteiger partial charge in [-0.25, -0.2) is 26.3 Å². The van der Waals surface area contributed by atoms with Crippen molar-refractivity contribution in [3.05, 3.63) is 166 Å². The van der Waals surface area contributed by atoms with Crippen molar-refractivity contribution in [1.82, 2.24) is 0 Å². The summed E-state index contributed by atoms with van der Waals surface area (Å²) in [5.41, 5.74) is -4.73. The lowest BCUT2D eigenvalue weighted by Crippen LogP contribution is -2.12. The highest BCUT2D eigenvalue weighted by molar-refractivity contribution is 6.05. The molecule has 0 aliphatic rings. The van der Waals surface area contributed by atoms with Crippen molar-refractivity contribution in [2.24, 2.45) is 0 Å². The Balaban J connectivity index is 1.28. The molecule has 0 bridgehead atoms. The van der Waals surface area contributed by atoms with Gasteiger partial charge in [0.15, 0.2) is 23.3 Å². The third-order valence-electron chi connectivity index (χ3n) is 7.49. The van der Waals surface area contributed by atoms with E-state index >= 15 is 35.1 Å². The number of ether oxygens (including phenoxy) is 2. The van der Waals surface area contributed by atoms with Gasteiger partial charge < -0.3 is 20.1 Å². The van der Waals surface area contributed by atoms with E-state index in [1.807, 2.05) is 0 Å². The van der Waals surface area contributed by atoms with E-state index in [1.54, 1.807) is 0 Å². The Hall–Kier alpha value is -6.84. The van der Waals surface area contributed by atoms with Gasteiger partial charge in [-0.05, 0) is 60.7 Å². The van der Waals surface area contributed by atoms with Crippen LogP contribution in [0.5, 0.6) is 23.0 Å². The zero-order valence-corrected chi connectivity index (χ0v) is 26.7. The fraction of sp³-hybridized carbons (Fsp3) is 0. The Morgan fingerprint density at radius 1 is 0.407 bits per heavy atom. The van der Waals surface area contributed by atoms with Gasteiger partial charge in [-0.3, -0.25) is 9.59 Å². The number of rotatable bonds is 9. The number of amides is 2. The molecular formula is C38H18F10N2O4. The first-order valence-corrected chi connectivity index (χ1v) is 15.2. The number of anilines is 2. The molecule has 6 rings (SSSR count). The van der Waals surface area contributed by atoms with E-state index in [1.165, 1.54) is 48.5 Å². The van der Waals surface area contributed by atoms with E-state index in [9.17, 15) is 18.4 Å². The quantitative estimate of drug-likeness (QED) is 0.114. The van der Waals surface area contributed by atoms with Crippen molar-refractivity contribution in [2.45, 2.75) is 0 Å². The second-order valence-corrected chi connectivity index (χ2v) is 11.1. The van der Waals surface area contributed by atoms with Crippen LogP contribution in [-0.4, -0.2) is 11.8 Å². The van der Waals surface area contributed by atoms with E-state index in [2.05, 4.69) is 10.6 Å². The largest absolute Gasteiger partial charge is 0.451 e. The third kappa shape index (κ3) is 7.39. The van der Waals surface area contributed by atoms with Crippen LogP contribution in [0.15, 0.2) is 97.1 Å². The van der Waals surface area contributed by atoms with Crippen LogP contribution in [0.4, 0.5) is 55.3 Å². The summed E-state index contributed by atoms with van der Waals surface area (Å²) in [5.74, 6) is -27.2. The summed E-state index contributed by atoms with van der Waals surface area (Å²) in [6.07, 6.45) is 0. The predicted octanol–water partition coefficient (Wildman–Crippen LogP) is 10.8. The van der Waals surface area contributed by atoms with Crippen molar-refractivity contribution >= 4 is 23.2 Å². The molecule has 6 nitrogen and oxygen atoms in total. The zero-order valence-electron chi connectivity index (χ0n) is 26.7. The van der Waals surface area contributed by atoms with E-state index in [0.29, 0.717) is 0 Å². The van der Waals surface area contributed by atoms with Gasteiger partial charge in [0.25, 0.3) is 11.8 Å². The van der Waals surface area contributed by atoms with E-state index in [4.69, 9.17) is 9.47 Å². The number of benzene rings is 6. The molecule has 2 N–H and O–H groups in total. The Morgan fingerprint density at radius 2 is 0.741 bits per heavy atom. The Morgan fingerprint density at radius 3 is 1.07 bits per heavy atom. The second kappa shape index (κ2) is 15.0. The first kappa shape index (κ1) is 36.9. The van der Waals surface area contributed by atoms with Crippen LogP contribution in [0, 0.1) is 58.2 Å². The standard InChI is InChI=1S/C38H18F10N2O4/c39-19-7-1-5-17(13-19)37(51)49-21-9-3-11-23(15-21)53-35-31(45)27(41)25(28(42)32(35)46)26-29(43)33(47)36(34(48)30(26)44)54-24-12-4-10-22(16-24)50-38(52)18-6-2-8-20(40)14-18/h1-16H,(H,49,51)(H,50,52). The lowest BCUT2D eigenvalue weighted by atomic mass is 10.0. The summed E-state index contributed by atoms with van der Waals surface area (Å²) >= 11 is 0. The summed E-state index contributed by atoms with van der Waals surface area (Å²) in [5, 5.41) is 4.68. The van der Waals surface area contributed by atoms with Crippen molar-refractivity contribution in [3.8, 4) is 34.1 Å². The molecule has 0 spiro atoms. The van der Waals surface area contributed by atoms with Crippen molar-refractivity contribution < 1.29 is 63.0 Å². The molecule has 0 aliphatic heterocycles. The lowest BCUT2D eigenvalue weighted by Gasteiger charge is -2.16. The van der Waals surface area contributed by atoms with E-state index < -0.39 is 104 Å². The summed E-state index contributed by atoms with van der Waals surface area (Å²) in [7, 11) is 0. The average Bonchev–Trinajstić information content (AvgIpc) is 3.15. The molecule has 6 aromatic carbocycles. The van der Waals surface area contributed by atoms with Gasteiger partial charge in [0.05, 0.1) is 11.1 Å². The summed E-state index contributed by atoms with van der Waals surface area (Å²) in [6, 6.07) is 18.0. The Kier molecular flexibility index (Phi) is 10.3. The molecule has 0 atom stereocenters. The van der Waals surface area contributed by atoms with Crippen LogP contribution in [-0.2, 0) is 0 Å². The predicted molar refractivity (Wildman–Crippen MR) is 173 cm³/mol. The molecule has 0 saturated carbocycles. The number of hydrogen-bond donors (Lipinski definition) is 2. The van der Waals surface area contributed by atoms with E-state index in [-0.39, 0.29) is 22.5 Å². The molecular weight excluding hydrogens is 738 g/mol. The van der Waals surface area contributed by atoms with Gasteiger partial charge in [0.1, 0.15) is 23.1 Å². The van der Waals surface area contributed by atoms with Crippen LogP contribution >= 0.6 is 0 Å². The van der Waals surface area contributed by atoms with Crippen LogP contribution in [0.1, 0.15) is 20.7 Å². The summed E-state index contributed by atoms with van der Waals surface area (Å²) in [4.78, 5) is 24.9. The smallest absolute Gasteiger partial charge is 0.255 e. The van der Waals surface area contributed by atoms with Crippen molar-refractivity contribution in [1.29, 1.82) is 0 Å². The fourth-order valence-electron chi connectivity index (χ4n) is 5.02. The second-order valence-electron chi connectivity index (χ2n) is 11.1. The summed E-state index contributed by atoms with van der Waals surface area (Å²) < 4.78 is 159. The molecule has 0 aliphatic carbocycles. The van der Waals surface area contributed by atoms with Crippen LogP contribution in [0.25, 0.3) is 11.1 Å². The van der Waals surface area contributed by atoms with Crippen LogP contribution < -0.4 is 20.1 Å². The van der Waals surface area contributed by atoms with Crippen molar-refractivity contribution in [2.75, 3.05) is 10.6 Å². The minimum absolute atomic E-state index is 0.0853. The molecule has 2 amide bonds. The molecule has 0 unspecified atom stereocenters. The van der Waals surface area contributed by atoms with Gasteiger partial charge >= 0.3 is 0 Å². The number of nitrogens with one attached hydrogen (secondary N) is 2. The Labute approximate surface area is 297 Å². The van der Waals surface area contributed by atoms with Gasteiger partial charge in [-0.1, -0.05) is 24.3 Å². The molecule has 16 heteroatoms. The van der Waals surface area contributed by atoms with E-state index in [0.717, 1.165) is 48.5 Å². The Bertz CT molecular complexity index is 2250. The van der Waals surface area contributed by atoms with Gasteiger partial charge in [-0.15, -0.1) is 0 Å². The number of carbonyl (C=O) groups excluding carboxylic acids is 2.